The van der Waals surface area contributed by atoms with Crippen LogP contribution in [0.1, 0.15) is 64.3 Å². The van der Waals surface area contributed by atoms with Crippen LogP contribution in [-0.4, -0.2) is 31.0 Å². The van der Waals surface area contributed by atoms with Gasteiger partial charge in [0, 0.05) is 29.7 Å². The summed E-state index contributed by atoms with van der Waals surface area (Å²) < 4.78 is 34.0. The lowest BCUT2D eigenvalue weighted by molar-refractivity contribution is -0.118. The summed E-state index contributed by atoms with van der Waals surface area (Å²) in [4.78, 5) is 13.4. The smallest absolute Gasteiger partial charge is 0.235 e. The first-order chi connectivity index (χ1) is 16.7. The summed E-state index contributed by atoms with van der Waals surface area (Å²) in [6.45, 7) is 9.29. The van der Waals surface area contributed by atoms with Crippen LogP contribution in [0.25, 0.3) is 10.9 Å². The molecule has 1 atom stereocenters. The Labute approximate surface area is 205 Å². The number of rotatable bonds is 7. The molecule has 6 nitrogen and oxygen atoms in total. The highest BCUT2D eigenvalue weighted by atomic mass is 19.1. The van der Waals surface area contributed by atoms with E-state index in [0.717, 1.165) is 28.6 Å². The maximum atomic E-state index is 15.4. The number of carbonyl (C=O) groups excluding carboxylic acids is 1. The van der Waals surface area contributed by atoms with Crippen molar-refractivity contribution in [3.63, 3.8) is 0 Å². The minimum Gasteiger partial charge on any atom is -0.454 e. The Morgan fingerprint density at radius 2 is 1.91 bits per heavy atom. The van der Waals surface area contributed by atoms with Crippen molar-refractivity contribution in [1.29, 1.82) is 0 Å². The van der Waals surface area contributed by atoms with Crippen LogP contribution < -0.4 is 14.8 Å². The number of carbonyl (C=O) groups is 1. The van der Waals surface area contributed by atoms with Crippen molar-refractivity contribution in [2.45, 2.75) is 63.8 Å². The molecule has 35 heavy (non-hydrogen) atoms. The van der Waals surface area contributed by atoms with Crippen molar-refractivity contribution in [2.24, 2.45) is 0 Å². The van der Waals surface area contributed by atoms with E-state index >= 15 is 4.39 Å². The predicted octanol–water partition coefficient (Wildman–Crippen LogP) is 6.07. The molecule has 1 N–H and O–H groups in total. The third-order valence-corrected chi connectivity index (χ3v) is 7.25. The molecule has 0 spiro atoms. The van der Waals surface area contributed by atoms with Crippen molar-refractivity contribution in [3.8, 4) is 11.5 Å². The van der Waals surface area contributed by atoms with Gasteiger partial charge in [-0.25, -0.2) is 4.39 Å². The Hall–Kier alpha value is -3.06. The number of methoxy groups -OCH3 is 1. The number of anilines is 1. The van der Waals surface area contributed by atoms with Crippen LogP contribution in [0.15, 0.2) is 36.4 Å². The van der Waals surface area contributed by atoms with Gasteiger partial charge in [-0.3, -0.25) is 4.79 Å². The first-order valence-electron chi connectivity index (χ1n) is 12.2. The van der Waals surface area contributed by atoms with E-state index in [0.29, 0.717) is 30.9 Å². The number of nitrogens with one attached hydrogen (secondary N) is 1. The fourth-order valence-electron chi connectivity index (χ4n) is 5.09. The number of hydrogen-bond donors (Lipinski definition) is 1. The van der Waals surface area contributed by atoms with Crippen LogP contribution >= 0.6 is 0 Å². The molecule has 1 aliphatic heterocycles. The van der Waals surface area contributed by atoms with E-state index in [-0.39, 0.29) is 29.8 Å². The third-order valence-electron chi connectivity index (χ3n) is 7.25. The van der Waals surface area contributed by atoms with Crippen molar-refractivity contribution in [2.75, 3.05) is 25.8 Å². The lowest BCUT2D eigenvalue weighted by atomic mass is 9.91. The lowest BCUT2D eigenvalue weighted by Crippen LogP contribution is -2.28. The summed E-state index contributed by atoms with van der Waals surface area (Å²) in [7, 11) is 1.69. The summed E-state index contributed by atoms with van der Waals surface area (Å²) >= 11 is 0. The first kappa shape index (κ1) is 23.7. The maximum absolute atomic E-state index is 15.4. The second-order valence-corrected chi connectivity index (χ2v) is 10.7. The van der Waals surface area contributed by atoms with Crippen molar-refractivity contribution in [1.82, 2.24) is 4.57 Å². The van der Waals surface area contributed by atoms with Crippen molar-refractivity contribution in [3.05, 3.63) is 53.5 Å². The van der Waals surface area contributed by atoms with E-state index in [2.05, 4.69) is 43.6 Å². The fourth-order valence-corrected chi connectivity index (χ4v) is 5.09. The first-order valence-corrected chi connectivity index (χ1v) is 12.2. The van der Waals surface area contributed by atoms with Gasteiger partial charge >= 0.3 is 0 Å². The van der Waals surface area contributed by atoms with Gasteiger partial charge in [0.25, 0.3) is 0 Å². The highest BCUT2D eigenvalue weighted by Crippen LogP contribution is 2.51. The SMILES string of the molecule is CCC(COC)n1c(C(C)(C)C)cc2cc(NC(=O)C3(c4ccc5c(c4)OCO5)CC3)c(F)cc21. The Kier molecular flexibility index (Phi) is 5.79. The summed E-state index contributed by atoms with van der Waals surface area (Å²) in [5.41, 5.74) is 2.18. The molecule has 0 saturated heterocycles. The minimum absolute atomic E-state index is 0.0901. The summed E-state index contributed by atoms with van der Waals surface area (Å²) in [5, 5.41) is 3.78. The van der Waals surface area contributed by atoms with E-state index in [9.17, 15) is 4.79 Å². The molecule has 1 amide bonds. The average Bonchev–Trinajstić information content (AvgIpc) is 3.35. The van der Waals surface area contributed by atoms with Crippen LogP contribution in [0.2, 0.25) is 0 Å². The molecule has 1 unspecified atom stereocenters. The number of nitrogens with zero attached hydrogens (tertiary/aromatic N) is 1. The molecule has 0 bridgehead atoms. The van der Waals surface area contributed by atoms with Gasteiger partial charge in [0.15, 0.2) is 11.5 Å². The van der Waals surface area contributed by atoms with Crippen LogP contribution in [0, 0.1) is 5.82 Å². The second-order valence-electron chi connectivity index (χ2n) is 10.7. The molecule has 7 heteroatoms. The van der Waals surface area contributed by atoms with E-state index in [4.69, 9.17) is 14.2 Å². The third kappa shape index (κ3) is 4.05. The van der Waals surface area contributed by atoms with E-state index in [1.165, 1.54) is 0 Å². The molecule has 1 fully saturated rings. The van der Waals surface area contributed by atoms with Gasteiger partial charge in [0.2, 0.25) is 12.7 Å². The molecule has 2 heterocycles. The van der Waals surface area contributed by atoms with Crippen LogP contribution in [0.5, 0.6) is 11.5 Å². The lowest BCUT2D eigenvalue weighted by Gasteiger charge is -2.27. The number of ether oxygens (including phenoxy) is 3. The monoisotopic (exact) mass is 480 g/mol. The highest BCUT2D eigenvalue weighted by molar-refractivity contribution is 6.03. The van der Waals surface area contributed by atoms with E-state index in [1.54, 1.807) is 19.2 Å². The molecule has 1 aliphatic carbocycles. The minimum atomic E-state index is -0.670. The van der Waals surface area contributed by atoms with Gasteiger partial charge in [-0.2, -0.15) is 0 Å². The molecular formula is C28H33FN2O4. The van der Waals surface area contributed by atoms with Crippen LogP contribution in [-0.2, 0) is 20.4 Å². The maximum Gasteiger partial charge on any atom is 0.235 e. The predicted molar refractivity (Wildman–Crippen MR) is 134 cm³/mol. The fraction of sp³-hybridized carbons (Fsp3) is 0.464. The molecule has 3 aromatic rings. The Morgan fingerprint density at radius 3 is 2.57 bits per heavy atom. The number of fused-ring (bicyclic) bond motifs is 2. The van der Waals surface area contributed by atoms with E-state index in [1.807, 2.05) is 18.2 Å². The Bertz CT molecular complexity index is 1290. The number of aromatic nitrogens is 1. The molecule has 1 aromatic heterocycles. The molecule has 2 aliphatic rings. The number of benzene rings is 2. The summed E-state index contributed by atoms with van der Waals surface area (Å²) in [5.74, 6) is 0.682. The summed E-state index contributed by atoms with van der Waals surface area (Å²) in [6, 6.07) is 11.1. The summed E-state index contributed by atoms with van der Waals surface area (Å²) in [6.07, 6.45) is 2.28. The number of amides is 1. The number of halogens is 1. The number of hydrogen-bond acceptors (Lipinski definition) is 4. The second kappa shape index (κ2) is 8.55. The molecule has 0 radical (unpaired) electrons. The van der Waals surface area contributed by atoms with Crippen LogP contribution in [0.4, 0.5) is 10.1 Å². The van der Waals surface area contributed by atoms with Crippen LogP contribution in [0.3, 0.4) is 0 Å². The quantitative estimate of drug-likeness (QED) is 0.446. The molecular weight excluding hydrogens is 447 g/mol. The van der Waals surface area contributed by atoms with Gasteiger partial charge in [0.1, 0.15) is 5.82 Å². The van der Waals surface area contributed by atoms with E-state index < -0.39 is 11.2 Å². The van der Waals surface area contributed by atoms with Crippen molar-refractivity contribution < 1.29 is 23.4 Å². The normalized spacial score (nSPS) is 17.0. The largest absolute Gasteiger partial charge is 0.454 e. The molecule has 1 saturated carbocycles. The van der Waals surface area contributed by atoms with Gasteiger partial charge in [-0.1, -0.05) is 33.8 Å². The Morgan fingerprint density at radius 1 is 1.17 bits per heavy atom. The van der Waals surface area contributed by atoms with Gasteiger partial charge in [-0.15, -0.1) is 0 Å². The Balaban J connectivity index is 1.50. The van der Waals surface area contributed by atoms with Crippen molar-refractivity contribution >= 4 is 22.5 Å². The van der Waals surface area contributed by atoms with Gasteiger partial charge in [0.05, 0.1) is 29.3 Å². The molecule has 5 rings (SSSR count). The highest BCUT2D eigenvalue weighted by Gasteiger charge is 2.52. The molecule has 186 valence electrons. The zero-order valence-corrected chi connectivity index (χ0v) is 21.0. The van der Waals surface area contributed by atoms with Gasteiger partial charge in [-0.05, 0) is 49.1 Å². The zero-order chi connectivity index (χ0) is 25.0. The zero-order valence-electron chi connectivity index (χ0n) is 21.0. The standard InChI is InChI=1S/C28H33FN2O4/c1-6-19(15-33-5)31-22-14-20(29)21(11-17(22)12-25(31)27(2,3)4)30-26(32)28(9-10-28)18-7-8-23-24(13-18)35-16-34-23/h7-8,11-14,19H,6,9-10,15-16H2,1-5H3,(H,30,32). The van der Waals surface area contributed by atoms with Gasteiger partial charge < -0.3 is 24.1 Å². The molecule has 2 aromatic carbocycles. The average molecular weight is 481 g/mol. The topological polar surface area (TPSA) is 61.7 Å².